The minimum atomic E-state index is -0.537. The number of hydrogen-bond acceptors (Lipinski definition) is 3. The highest BCUT2D eigenvalue weighted by Crippen LogP contribution is 2.34. The third-order valence-corrected chi connectivity index (χ3v) is 4.29. The average Bonchev–Trinajstić information content (AvgIpc) is 2.63. The summed E-state index contributed by atoms with van der Waals surface area (Å²) < 4.78 is 0. The first kappa shape index (κ1) is 16.1. The van der Waals surface area contributed by atoms with E-state index in [1.807, 2.05) is 48.5 Å². The number of carbonyl (C=O) groups excluding carboxylic acids is 2. The standard InChI is InChI=1S/C19H21N3O2/c1-20-19(24)21-18(23)17(15-9-3-2-4-10-15)22-13-7-11-14-8-5-6-12-16(14)22/h2-6,8-10,12,17H,7,11,13H2,1H3,(H2,20,21,23,24)/t17-/m1/s1. The number of nitrogens with zero attached hydrogens (tertiary/aromatic N) is 1. The van der Waals surface area contributed by atoms with Gasteiger partial charge in [0.1, 0.15) is 6.04 Å². The molecule has 0 saturated carbocycles. The molecule has 0 bridgehead atoms. The van der Waals surface area contributed by atoms with Crippen molar-refractivity contribution in [3.8, 4) is 0 Å². The molecule has 1 heterocycles. The number of carbonyl (C=O) groups is 2. The van der Waals surface area contributed by atoms with Crippen molar-refractivity contribution in [1.82, 2.24) is 10.6 Å². The van der Waals surface area contributed by atoms with Gasteiger partial charge in [0, 0.05) is 19.3 Å². The van der Waals surface area contributed by atoms with E-state index in [-0.39, 0.29) is 5.91 Å². The van der Waals surface area contributed by atoms with Crippen molar-refractivity contribution < 1.29 is 9.59 Å². The summed E-state index contributed by atoms with van der Waals surface area (Å²) in [5.41, 5.74) is 3.16. The molecular formula is C19H21N3O2. The second-order valence-corrected chi connectivity index (χ2v) is 5.81. The first-order chi connectivity index (χ1) is 11.7. The molecule has 24 heavy (non-hydrogen) atoms. The fourth-order valence-electron chi connectivity index (χ4n) is 3.18. The quantitative estimate of drug-likeness (QED) is 0.913. The average molecular weight is 323 g/mol. The van der Waals surface area contributed by atoms with Gasteiger partial charge in [0.15, 0.2) is 0 Å². The van der Waals surface area contributed by atoms with Crippen LogP contribution in [0.15, 0.2) is 54.6 Å². The third kappa shape index (κ3) is 3.25. The zero-order valence-electron chi connectivity index (χ0n) is 13.7. The molecule has 2 N–H and O–H groups in total. The number of imide groups is 1. The fourth-order valence-corrected chi connectivity index (χ4v) is 3.18. The molecule has 0 saturated heterocycles. The zero-order valence-corrected chi connectivity index (χ0v) is 13.7. The Balaban J connectivity index is 2.00. The Morgan fingerprint density at radius 1 is 1.04 bits per heavy atom. The van der Waals surface area contributed by atoms with Gasteiger partial charge in [0.2, 0.25) is 0 Å². The minimum Gasteiger partial charge on any atom is -0.356 e. The number of fused-ring (bicyclic) bond motifs is 1. The molecule has 0 unspecified atom stereocenters. The first-order valence-electron chi connectivity index (χ1n) is 8.13. The molecule has 124 valence electrons. The molecule has 5 heteroatoms. The van der Waals surface area contributed by atoms with Gasteiger partial charge in [-0.3, -0.25) is 10.1 Å². The number of rotatable bonds is 3. The molecule has 5 nitrogen and oxygen atoms in total. The van der Waals surface area contributed by atoms with Crippen molar-refractivity contribution in [2.24, 2.45) is 0 Å². The summed E-state index contributed by atoms with van der Waals surface area (Å²) in [5.74, 6) is -0.322. The number of aryl methyl sites for hydroxylation is 1. The van der Waals surface area contributed by atoms with E-state index in [1.54, 1.807) is 0 Å². The normalized spacial score (nSPS) is 14.5. The highest BCUT2D eigenvalue weighted by atomic mass is 16.2. The zero-order chi connectivity index (χ0) is 16.9. The number of hydrogen-bond donors (Lipinski definition) is 2. The number of para-hydroxylation sites is 1. The van der Waals surface area contributed by atoms with E-state index in [0.717, 1.165) is 30.6 Å². The molecule has 1 aliphatic heterocycles. The molecule has 0 radical (unpaired) electrons. The predicted molar refractivity (Wildman–Crippen MR) is 93.9 cm³/mol. The van der Waals surface area contributed by atoms with Gasteiger partial charge in [0.25, 0.3) is 5.91 Å². The van der Waals surface area contributed by atoms with Gasteiger partial charge in [-0.25, -0.2) is 4.79 Å². The van der Waals surface area contributed by atoms with Crippen LogP contribution in [0.25, 0.3) is 0 Å². The van der Waals surface area contributed by atoms with Crippen molar-refractivity contribution in [1.29, 1.82) is 0 Å². The van der Waals surface area contributed by atoms with Gasteiger partial charge in [0.05, 0.1) is 0 Å². The summed E-state index contributed by atoms with van der Waals surface area (Å²) >= 11 is 0. The lowest BCUT2D eigenvalue weighted by Gasteiger charge is -2.37. The second-order valence-electron chi connectivity index (χ2n) is 5.81. The Morgan fingerprint density at radius 3 is 2.50 bits per heavy atom. The van der Waals surface area contributed by atoms with Crippen molar-refractivity contribution in [2.75, 3.05) is 18.5 Å². The molecule has 0 aromatic heterocycles. The van der Waals surface area contributed by atoms with Gasteiger partial charge in [-0.15, -0.1) is 0 Å². The third-order valence-electron chi connectivity index (χ3n) is 4.29. The predicted octanol–water partition coefficient (Wildman–Crippen LogP) is 2.64. The minimum absolute atomic E-state index is 0.322. The number of anilines is 1. The van der Waals surface area contributed by atoms with Crippen LogP contribution >= 0.6 is 0 Å². The smallest absolute Gasteiger partial charge is 0.321 e. The highest BCUT2D eigenvalue weighted by Gasteiger charge is 2.31. The van der Waals surface area contributed by atoms with Crippen molar-refractivity contribution in [3.63, 3.8) is 0 Å². The molecular weight excluding hydrogens is 302 g/mol. The number of benzene rings is 2. The maximum atomic E-state index is 12.8. The van der Waals surface area contributed by atoms with E-state index in [9.17, 15) is 9.59 Å². The summed E-state index contributed by atoms with van der Waals surface area (Å²) in [6, 6.07) is 16.7. The lowest BCUT2D eigenvalue weighted by atomic mass is 9.96. The van der Waals surface area contributed by atoms with Crippen molar-refractivity contribution >= 4 is 17.6 Å². The summed E-state index contributed by atoms with van der Waals surface area (Å²) in [4.78, 5) is 26.5. The van der Waals surface area contributed by atoms with Crippen LogP contribution in [0.3, 0.4) is 0 Å². The van der Waals surface area contributed by atoms with Gasteiger partial charge >= 0.3 is 6.03 Å². The van der Waals surface area contributed by atoms with E-state index in [0.29, 0.717) is 0 Å². The molecule has 0 spiro atoms. The molecule has 3 amide bonds. The Labute approximate surface area is 141 Å². The summed E-state index contributed by atoms with van der Waals surface area (Å²) in [7, 11) is 1.50. The van der Waals surface area contributed by atoms with Gasteiger partial charge in [-0.2, -0.15) is 0 Å². The number of nitrogens with one attached hydrogen (secondary N) is 2. The topological polar surface area (TPSA) is 61.4 Å². The van der Waals surface area contributed by atoms with Crippen molar-refractivity contribution in [3.05, 3.63) is 65.7 Å². The summed E-state index contributed by atoms with van der Waals surface area (Å²) in [6.45, 7) is 0.776. The van der Waals surface area contributed by atoms with Crippen LogP contribution in [0.1, 0.15) is 23.6 Å². The summed E-state index contributed by atoms with van der Waals surface area (Å²) in [5, 5.41) is 4.86. The molecule has 1 aliphatic rings. The van der Waals surface area contributed by atoms with E-state index in [4.69, 9.17) is 0 Å². The Morgan fingerprint density at radius 2 is 1.75 bits per heavy atom. The van der Waals surface area contributed by atoms with Gasteiger partial charge < -0.3 is 10.2 Å². The van der Waals surface area contributed by atoms with E-state index < -0.39 is 12.1 Å². The molecule has 0 fully saturated rings. The lowest BCUT2D eigenvalue weighted by Crippen LogP contribution is -2.47. The highest BCUT2D eigenvalue weighted by molar-refractivity contribution is 5.99. The van der Waals surface area contributed by atoms with Gasteiger partial charge in [-0.05, 0) is 30.0 Å². The second kappa shape index (κ2) is 7.17. The fraction of sp³-hybridized carbons (Fsp3) is 0.263. The van der Waals surface area contributed by atoms with E-state index >= 15 is 0 Å². The monoisotopic (exact) mass is 323 g/mol. The SMILES string of the molecule is CNC(=O)NC(=O)[C@@H](c1ccccc1)N1CCCc2ccccc21. The van der Waals surface area contributed by atoms with Crippen LogP contribution in [-0.4, -0.2) is 25.5 Å². The lowest BCUT2D eigenvalue weighted by molar-refractivity contribution is -0.121. The van der Waals surface area contributed by atoms with Crippen LogP contribution < -0.4 is 15.5 Å². The Bertz CT molecular complexity index is 730. The Hall–Kier alpha value is -2.82. The van der Waals surface area contributed by atoms with Crippen LogP contribution in [0.2, 0.25) is 0 Å². The number of amides is 3. The van der Waals surface area contributed by atoms with Crippen LogP contribution in [-0.2, 0) is 11.2 Å². The largest absolute Gasteiger partial charge is 0.356 e. The molecule has 1 atom stereocenters. The van der Waals surface area contributed by atoms with Gasteiger partial charge in [-0.1, -0.05) is 48.5 Å². The van der Waals surface area contributed by atoms with Crippen LogP contribution in [0, 0.1) is 0 Å². The van der Waals surface area contributed by atoms with Crippen LogP contribution in [0.4, 0.5) is 10.5 Å². The van der Waals surface area contributed by atoms with Crippen LogP contribution in [0.5, 0.6) is 0 Å². The molecule has 2 aromatic carbocycles. The first-order valence-corrected chi connectivity index (χ1v) is 8.13. The maximum absolute atomic E-state index is 12.8. The Kier molecular flexibility index (Phi) is 4.79. The van der Waals surface area contributed by atoms with E-state index in [2.05, 4.69) is 21.6 Å². The number of urea groups is 1. The maximum Gasteiger partial charge on any atom is 0.321 e. The molecule has 2 aromatic rings. The molecule has 0 aliphatic carbocycles. The van der Waals surface area contributed by atoms with E-state index in [1.165, 1.54) is 12.6 Å². The molecule has 3 rings (SSSR count). The van der Waals surface area contributed by atoms with Crippen molar-refractivity contribution in [2.45, 2.75) is 18.9 Å². The summed E-state index contributed by atoms with van der Waals surface area (Å²) in [6.07, 6.45) is 1.98.